The smallest absolute Gasteiger partial charge is 0.257 e. The number of rotatable bonds is 1. The van der Waals surface area contributed by atoms with Crippen LogP contribution in [0, 0.1) is 0 Å². The Bertz CT molecular complexity index is 457. The Hall–Kier alpha value is -0.870. The molecule has 1 aromatic heterocycles. The van der Waals surface area contributed by atoms with Gasteiger partial charge in [-0.1, -0.05) is 23.2 Å². The number of amides is 1. The molecule has 1 aliphatic heterocycles. The molecule has 0 bridgehead atoms. The molecule has 2 heterocycles. The predicted molar refractivity (Wildman–Crippen MR) is 71.0 cm³/mol. The third-order valence-electron chi connectivity index (χ3n) is 3.38. The van der Waals surface area contributed by atoms with Gasteiger partial charge in [0.15, 0.2) is 10.3 Å². The second kappa shape index (κ2) is 5.41. The van der Waals surface area contributed by atoms with Crippen molar-refractivity contribution >= 4 is 29.1 Å². The lowest BCUT2D eigenvalue weighted by atomic mass is 9.96. The highest BCUT2D eigenvalue weighted by molar-refractivity contribution is 6.34. The second-order valence-electron chi connectivity index (χ2n) is 4.71. The second-order valence-corrected chi connectivity index (χ2v) is 5.46. The summed E-state index contributed by atoms with van der Waals surface area (Å²) in [5.41, 5.74) is 0.331. The number of carbonyl (C=O) groups excluding carboxylic acids is 1. The van der Waals surface area contributed by atoms with Crippen molar-refractivity contribution in [2.24, 2.45) is 0 Å². The zero-order chi connectivity index (χ0) is 13.3. The van der Waals surface area contributed by atoms with Crippen LogP contribution in [0.15, 0.2) is 6.07 Å². The molecular formula is C12H15Cl2N3O. The Morgan fingerprint density at radius 2 is 1.89 bits per heavy atom. The Morgan fingerprint density at radius 3 is 2.50 bits per heavy atom. The van der Waals surface area contributed by atoms with E-state index < -0.39 is 0 Å². The maximum Gasteiger partial charge on any atom is 0.257 e. The molecule has 2 rings (SSSR count). The molecule has 0 N–H and O–H groups in total. The number of aromatic nitrogens is 2. The molecule has 1 fully saturated rings. The van der Waals surface area contributed by atoms with Gasteiger partial charge in [0, 0.05) is 12.1 Å². The lowest BCUT2D eigenvalue weighted by molar-refractivity contribution is 0.0510. The van der Waals surface area contributed by atoms with Crippen LogP contribution in [-0.4, -0.2) is 33.1 Å². The van der Waals surface area contributed by atoms with E-state index in [-0.39, 0.29) is 28.3 Å². The van der Waals surface area contributed by atoms with Gasteiger partial charge < -0.3 is 4.90 Å². The van der Waals surface area contributed by atoms with Gasteiger partial charge in [-0.25, -0.2) is 0 Å². The molecule has 1 saturated heterocycles. The normalized spacial score (nSPS) is 24.1. The number of hydrogen-bond donors (Lipinski definition) is 0. The van der Waals surface area contributed by atoms with Crippen molar-refractivity contribution in [1.82, 2.24) is 15.1 Å². The zero-order valence-corrected chi connectivity index (χ0v) is 11.9. The van der Waals surface area contributed by atoms with E-state index in [0.717, 1.165) is 19.3 Å². The van der Waals surface area contributed by atoms with Gasteiger partial charge >= 0.3 is 0 Å². The van der Waals surface area contributed by atoms with Gasteiger partial charge in [0.05, 0.1) is 5.56 Å². The van der Waals surface area contributed by atoms with Gasteiger partial charge in [-0.15, -0.1) is 10.2 Å². The standard InChI is InChI=1S/C12H15Cl2N3O/c1-7-4-3-5-8(2)17(7)12(18)9-6-10(13)15-16-11(9)14/h6-8H,3-5H2,1-2H3. The summed E-state index contributed by atoms with van der Waals surface area (Å²) < 4.78 is 0. The first-order chi connectivity index (χ1) is 8.50. The summed E-state index contributed by atoms with van der Waals surface area (Å²) in [4.78, 5) is 14.4. The molecule has 18 heavy (non-hydrogen) atoms. The van der Waals surface area contributed by atoms with Gasteiger partial charge in [-0.2, -0.15) is 0 Å². The molecule has 0 spiro atoms. The fourth-order valence-electron chi connectivity index (χ4n) is 2.46. The monoisotopic (exact) mass is 287 g/mol. The molecule has 0 aromatic carbocycles. The van der Waals surface area contributed by atoms with E-state index in [9.17, 15) is 4.79 Å². The van der Waals surface area contributed by atoms with E-state index in [1.54, 1.807) is 0 Å². The van der Waals surface area contributed by atoms with Crippen LogP contribution in [-0.2, 0) is 0 Å². The van der Waals surface area contributed by atoms with E-state index in [1.165, 1.54) is 6.07 Å². The summed E-state index contributed by atoms with van der Waals surface area (Å²) in [7, 11) is 0. The summed E-state index contributed by atoms with van der Waals surface area (Å²) >= 11 is 11.7. The lowest BCUT2D eigenvalue weighted by Gasteiger charge is -2.39. The van der Waals surface area contributed by atoms with E-state index in [1.807, 2.05) is 4.90 Å². The summed E-state index contributed by atoms with van der Waals surface area (Å²) in [6.07, 6.45) is 3.18. The Labute approximate surface area is 116 Å². The maximum absolute atomic E-state index is 12.5. The third kappa shape index (κ3) is 2.59. The first-order valence-corrected chi connectivity index (χ1v) is 6.77. The quantitative estimate of drug-likeness (QED) is 0.797. The molecule has 6 heteroatoms. The van der Waals surface area contributed by atoms with Crippen LogP contribution in [0.5, 0.6) is 0 Å². The summed E-state index contributed by atoms with van der Waals surface area (Å²) in [6, 6.07) is 1.90. The van der Waals surface area contributed by atoms with Crippen LogP contribution in [0.3, 0.4) is 0 Å². The van der Waals surface area contributed by atoms with Crippen molar-refractivity contribution < 1.29 is 4.79 Å². The third-order valence-corrected chi connectivity index (χ3v) is 3.84. The van der Waals surface area contributed by atoms with Gasteiger partial charge in [0.1, 0.15) is 0 Å². The van der Waals surface area contributed by atoms with Gasteiger partial charge in [-0.3, -0.25) is 4.79 Å². The zero-order valence-electron chi connectivity index (χ0n) is 10.4. The lowest BCUT2D eigenvalue weighted by Crippen LogP contribution is -2.47. The predicted octanol–water partition coefficient (Wildman–Crippen LogP) is 3.19. The SMILES string of the molecule is CC1CCCC(C)N1C(=O)c1cc(Cl)nnc1Cl. The van der Waals surface area contributed by atoms with E-state index >= 15 is 0 Å². The Kier molecular flexibility index (Phi) is 4.07. The van der Waals surface area contributed by atoms with Gasteiger partial charge in [-0.05, 0) is 39.2 Å². The molecule has 1 aromatic rings. The summed E-state index contributed by atoms with van der Waals surface area (Å²) in [5, 5.41) is 7.58. The van der Waals surface area contributed by atoms with Crippen molar-refractivity contribution in [3.63, 3.8) is 0 Å². The van der Waals surface area contributed by atoms with Crippen molar-refractivity contribution in [3.05, 3.63) is 21.9 Å². The largest absolute Gasteiger partial charge is 0.333 e. The van der Waals surface area contributed by atoms with E-state index in [0.29, 0.717) is 5.56 Å². The number of piperidine rings is 1. The molecule has 0 saturated carbocycles. The van der Waals surface area contributed by atoms with Gasteiger partial charge in [0.2, 0.25) is 0 Å². The molecule has 1 amide bonds. The van der Waals surface area contributed by atoms with Crippen molar-refractivity contribution in [1.29, 1.82) is 0 Å². The molecular weight excluding hydrogens is 273 g/mol. The van der Waals surface area contributed by atoms with Crippen LogP contribution >= 0.6 is 23.2 Å². The van der Waals surface area contributed by atoms with Crippen LogP contribution in [0.1, 0.15) is 43.5 Å². The Balaban J connectivity index is 2.32. The minimum absolute atomic E-state index is 0.106. The summed E-state index contributed by atoms with van der Waals surface area (Å²) in [6.45, 7) is 4.11. The number of hydrogen-bond acceptors (Lipinski definition) is 3. The highest BCUT2D eigenvalue weighted by atomic mass is 35.5. The Morgan fingerprint density at radius 1 is 1.28 bits per heavy atom. The van der Waals surface area contributed by atoms with E-state index in [4.69, 9.17) is 23.2 Å². The fraction of sp³-hybridized carbons (Fsp3) is 0.583. The minimum Gasteiger partial charge on any atom is -0.333 e. The van der Waals surface area contributed by atoms with Gasteiger partial charge in [0.25, 0.3) is 5.91 Å². The minimum atomic E-state index is -0.114. The molecule has 98 valence electrons. The molecule has 2 atom stereocenters. The molecule has 2 unspecified atom stereocenters. The topological polar surface area (TPSA) is 46.1 Å². The van der Waals surface area contributed by atoms with Crippen LogP contribution in [0.4, 0.5) is 0 Å². The number of nitrogens with zero attached hydrogens (tertiary/aromatic N) is 3. The highest BCUT2D eigenvalue weighted by Gasteiger charge is 2.31. The summed E-state index contributed by atoms with van der Waals surface area (Å²) in [5.74, 6) is -0.114. The maximum atomic E-state index is 12.5. The molecule has 1 aliphatic rings. The number of likely N-dealkylation sites (tertiary alicyclic amines) is 1. The first kappa shape index (κ1) is 13.6. The van der Waals surface area contributed by atoms with E-state index in [2.05, 4.69) is 24.0 Å². The molecule has 0 aliphatic carbocycles. The fourth-order valence-corrected chi connectivity index (χ4v) is 2.78. The van der Waals surface area contributed by atoms with Crippen LogP contribution in [0.25, 0.3) is 0 Å². The highest BCUT2D eigenvalue weighted by Crippen LogP contribution is 2.26. The van der Waals surface area contributed by atoms with Crippen molar-refractivity contribution in [3.8, 4) is 0 Å². The van der Waals surface area contributed by atoms with Crippen molar-refractivity contribution in [2.75, 3.05) is 0 Å². The van der Waals surface area contributed by atoms with Crippen LogP contribution in [0.2, 0.25) is 10.3 Å². The number of halogens is 2. The average molecular weight is 288 g/mol. The van der Waals surface area contributed by atoms with Crippen molar-refractivity contribution in [2.45, 2.75) is 45.2 Å². The average Bonchev–Trinajstić information content (AvgIpc) is 2.32. The molecule has 0 radical (unpaired) electrons. The van der Waals surface area contributed by atoms with Crippen LogP contribution < -0.4 is 0 Å². The molecule has 4 nitrogen and oxygen atoms in total. The first-order valence-electron chi connectivity index (χ1n) is 6.02. The number of carbonyl (C=O) groups is 1.